The summed E-state index contributed by atoms with van der Waals surface area (Å²) in [5, 5.41) is 10.9. The summed E-state index contributed by atoms with van der Waals surface area (Å²) in [4.78, 5) is 12.2. The predicted octanol–water partition coefficient (Wildman–Crippen LogP) is 1.76. The highest BCUT2D eigenvalue weighted by molar-refractivity contribution is 7.83. The largest absolute Gasteiger partial charge is 0.423 e. The van der Waals surface area contributed by atoms with Crippen molar-refractivity contribution in [2.45, 2.75) is 5.75 Å². The summed E-state index contributed by atoms with van der Waals surface area (Å²) in [7, 11) is -0.964. The van der Waals surface area contributed by atoms with Crippen LogP contribution in [-0.4, -0.2) is 36.6 Å². The molecule has 0 aliphatic rings. The number of rotatable bonds is 5. The van der Waals surface area contributed by atoms with Crippen molar-refractivity contribution in [3.8, 4) is 11.4 Å². The van der Waals surface area contributed by atoms with Gasteiger partial charge in [-0.05, 0) is 52.4 Å². The Bertz CT molecular complexity index is 863. The molecule has 0 saturated carbocycles. The number of tetrazole rings is 1. The predicted molar refractivity (Wildman–Crippen MR) is 88.3 cm³/mol. The van der Waals surface area contributed by atoms with Gasteiger partial charge in [-0.25, -0.2) is 9.48 Å². The van der Waals surface area contributed by atoms with Crippen LogP contribution in [0.1, 0.15) is 15.9 Å². The number of benzene rings is 2. The average Bonchev–Trinajstić information content (AvgIpc) is 3.09. The van der Waals surface area contributed by atoms with Gasteiger partial charge in [-0.3, -0.25) is 4.21 Å². The zero-order valence-corrected chi connectivity index (χ0v) is 13.6. The second-order valence-corrected chi connectivity index (χ2v) is 6.49. The summed E-state index contributed by atoms with van der Waals surface area (Å²) in [5.41, 5.74) is 2.01. The molecule has 2 aromatic carbocycles. The molecule has 0 saturated heterocycles. The minimum absolute atomic E-state index is 0.405. The molecule has 8 heteroatoms. The first-order valence-electron chi connectivity index (χ1n) is 7.06. The molecule has 0 spiro atoms. The minimum atomic E-state index is -0.964. The number of carbonyl (C=O) groups excluding carboxylic acids is 1. The van der Waals surface area contributed by atoms with Gasteiger partial charge >= 0.3 is 5.97 Å². The van der Waals surface area contributed by atoms with Crippen molar-refractivity contribution in [1.29, 1.82) is 0 Å². The Morgan fingerprint density at radius 2 is 2.00 bits per heavy atom. The third-order valence-electron chi connectivity index (χ3n) is 3.19. The van der Waals surface area contributed by atoms with E-state index in [1.54, 1.807) is 48.7 Å². The van der Waals surface area contributed by atoms with Crippen LogP contribution in [0.15, 0.2) is 54.9 Å². The fourth-order valence-corrected chi connectivity index (χ4v) is 2.78. The van der Waals surface area contributed by atoms with Gasteiger partial charge in [0.1, 0.15) is 12.1 Å². The molecule has 0 N–H and O–H groups in total. The number of aromatic nitrogens is 4. The third-order valence-corrected chi connectivity index (χ3v) is 3.93. The van der Waals surface area contributed by atoms with Gasteiger partial charge in [-0.15, -0.1) is 5.10 Å². The van der Waals surface area contributed by atoms with Gasteiger partial charge in [0.25, 0.3) is 0 Å². The lowest BCUT2D eigenvalue weighted by molar-refractivity contribution is 0.0734. The van der Waals surface area contributed by atoms with E-state index in [0.717, 1.165) is 11.3 Å². The minimum Gasteiger partial charge on any atom is -0.423 e. The molecule has 3 rings (SSSR count). The fourth-order valence-electron chi connectivity index (χ4n) is 2.14. The van der Waals surface area contributed by atoms with Crippen molar-refractivity contribution in [3.05, 3.63) is 66.0 Å². The highest BCUT2D eigenvalue weighted by Gasteiger charge is 2.10. The molecule has 1 heterocycles. The Morgan fingerprint density at radius 3 is 2.67 bits per heavy atom. The molecule has 122 valence electrons. The Balaban J connectivity index is 1.71. The van der Waals surface area contributed by atoms with Gasteiger partial charge in [-0.2, -0.15) is 0 Å². The van der Waals surface area contributed by atoms with Gasteiger partial charge in [0.05, 0.1) is 11.3 Å². The first-order chi connectivity index (χ1) is 11.6. The van der Waals surface area contributed by atoms with Crippen LogP contribution in [0.5, 0.6) is 5.75 Å². The number of carbonyl (C=O) groups is 1. The third kappa shape index (κ3) is 3.90. The van der Waals surface area contributed by atoms with E-state index in [1.165, 1.54) is 11.0 Å². The lowest BCUT2D eigenvalue weighted by Gasteiger charge is -2.07. The summed E-state index contributed by atoms with van der Waals surface area (Å²) < 4.78 is 18.2. The Morgan fingerprint density at radius 1 is 1.21 bits per heavy atom. The Kier molecular flexibility index (Phi) is 4.76. The fraction of sp³-hybridized carbons (Fsp3) is 0.125. The second kappa shape index (κ2) is 7.14. The number of ether oxygens (including phenoxy) is 1. The molecule has 0 amide bonds. The van der Waals surface area contributed by atoms with E-state index in [9.17, 15) is 9.00 Å². The normalized spacial score (nSPS) is 11.9. The van der Waals surface area contributed by atoms with E-state index >= 15 is 0 Å². The number of esters is 1. The molecule has 3 aromatic rings. The van der Waals surface area contributed by atoms with Crippen molar-refractivity contribution in [1.82, 2.24) is 20.2 Å². The maximum absolute atomic E-state index is 12.2. The van der Waals surface area contributed by atoms with Crippen LogP contribution in [-0.2, 0) is 16.6 Å². The molecule has 0 aliphatic carbocycles. The van der Waals surface area contributed by atoms with Crippen molar-refractivity contribution < 1.29 is 13.7 Å². The van der Waals surface area contributed by atoms with E-state index in [-0.39, 0.29) is 0 Å². The maximum Gasteiger partial charge on any atom is 0.343 e. The van der Waals surface area contributed by atoms with Crippen molar-refractivity contribution >= 4 is 16.8 Å². The van der Waals surface area contributed by atoms with Crippen molar-refractivity contribution in [3.63, 3.8) is 0 Å². The summed E-state index contributed by atoms with van der Waals surface area (Å²) in [5.74, 6) is 0.358. The number of hydrogen-bond donors (Lipinski definition) is 0. The van der Waals surface area contributed by atoms with E-state index in [1.807, 2.05) is 6.07 Å². The van der Waals surface area contributed by atoms with Gasteiger partial charge in [0.2, 0.25) is 0 Å². The highest BCUT2D eigenvalue weighted by Crippen LogP contribution is 2.16. The van der Waals surface area contributed by atoms with Crippen LogP contribution in [0.4, 0.5) is 0 Å². The number of hydrogen-bond acceptors (Lipinski definition) is 6. The number of nitrogens with zero attached hydrogens (tertiary/aromatic N) is 4. The summed E-state index contributed by atoms with van der Waals surface area (Å²) in [6.45, 7) is 0. The van der Waals surface area contributed by atoms with Crippen LogP contribution in [0.3, 0.4) is 0 Å². The quantitative estimate of drug-likeness (QED) is 0.519. The second-order valence-electron chi connectivity index (χ2n) is 5.06. The summed E-state index contributed by atoms with van der Waals surface area (Å²) in [6, 6.07) is 13.8. The lowest BCUT2D eigenvalue weighted by atomic mass is 10.1. The molecule has 0 radical (unpaired) electrons. The molecule has 7 nitrogen and oxygen atoms in total. The smallest absolute Gasteiger partial charge is 0.343 e. The Labute approximate surface area is 140 Å². The summed E-state index contributed by atoms with van der Waals surface area (Å²) >= 11 is 0. The Hall–Kier alpha value is -2.87. The zero-order chi connectivity index (χ0) is 16.9. The first kappa shape index (κ1) is 16.0. The van der Waals surface area contributed by atoms with Crippen LogP contribution >= 0.6 is 0 Å². The van der Waals surface area contributed by atoms with E-state index in [0.29, 0.717) is 17.1 Å². The zero-order valence-electron chi connectivity index (χ0n) is 12.8. The van der Waals surface area contributed by atoms with Crippen molar-refractivity contribution in [2.75, 3.05) is 6.26 Å². The molecular weight excluding hydrogens is 328 g/mol. The van der Waals surface area contributed by atoms with E-state index < -0.39 is 16.8 Å². The lowest BCUT2D eigenvalue weighted by Crippen LogP contribution is -2.09. The molecule has 1 unspecified atom stereocenters. The van der Waals surface area contributed by atoms with Gasteiger partial charge in [0, 0.05) is 22.8 Å². The molecule has 0 aliphatic heterocycles. The average molecular weight is 342 g/mol. The molecule has 1 atom stereocenters. The van der Waals surface area contributed by atoms with Gasteiger partial charge in [0.15, 0.2) is 0 Å². The molecule has 0 bridgehead atoms. The molecule has 1 aromatic heterocycles. The van der Waals surface area contributed by atoms with E-state index in [4.69, 9.17) is 4.74 Å². The van der Waals surface area contributed by atoms with Crippen molar-refractivity contribution in [2.24, 2.45) is 0 Å². The van der Waals surface area contributed by atoms with Crippen LogP contribution < -0.4 is 4.74 Å². The highest BCUT2D eigenvalue weighted by atomic mass is 32.2. The summed E-state index contributed by atoms with van der Waals surface area (Å²) in [6.07, 6.45) is 3.10. The SMILES string of the molecule is CS(=O)Cc1cccc(C(=O)Oc2ccc(-n3cnnn3)cc2)c1. The molecule has 24 heavy (non-hydrogen) atoms. The van der Waals surface area contributed by atoms with Crippen LogP contribution in [0.2, 0.25) is 0 Å². The molecule has 0 fully saturated rings. The monoisotopic (exact) mass is 342 g/mol. The maximum atomic E-state index is 12.2. The molecular formula is C16H14N4O3S. The first-order valence-corrected chi connectivity index (χ1v) is 8.79. The van der Waals surface area contributed by atoms with Crippen LogP contribution in [0.25, 0.3) is 5.69 Å². The topological polar surface area (TPSA) is 87.0 Å². The van der Waals surface area contributed by atoms with Crippen LogP contribution in [0, 0.1) is 0 Å². The van der Waals surface area contributed by atoms with Gasteiger partial charge < -0.3 is 4.74 Å². The standard InChI is InChI=1S/C16H14N4O3S/c1-24(22)10-12-3-2-4-13(9-12)16(21)23-15-7-5-14(6-8-15)20-11-17-18-19-20/h2-9,11H,10H2,1H3. The van der Waals surface area contributed by atoms with E-state index in [2.05, 4.69) is 15.5 Å². The van der Waals surface area contributed by atoms with Gasteiger partial charge in [-0.1, -0.05) is 12.1 Å².